The summed E-state index contributed by atoms with van der Waals surface area (Å²) >= 11 is -1.56. The van der Waals surface area contributed by atoms with Crippen molar-refractivity contribution >= 4 is 27.2 Å². The zero-order valence-corrected chi connectivity index (χ0v) is 13.4. The van der Waals surface area contributed by atoms with E-state index in [9.17, 15) is 0 Å². The Labute approximate surface area is 116 Å². The van der Waals surface area contributed by atoms with Gasteiger partial charge in [0.05, 0.1) is 0 Å². The zero-order chi connectivity index (χ0) is 13.0. The van der Waals surface area contributed by atoms with Crippen LogP contribution in [0.2, 0.25) is 4.87 Å². The summed E-state index contributed by atoms with van der Waals surface area (Å²) in [5.74, 6) is 1.84. The van der Waals surface area contributed by atoms with E-state index in [1.807, 2.05) is 24.3 Å². The van der Waals surface area contributed by atoms with Crippen LogP contribution in [0, 0.1) is 0 Å². The van der Waals surface area contributed by atoms with Crippen molar-refractivity contribution in [2.45, 2.75) is 4.87 Å². The number of hydrogen-bond acceptors (Lipinski definition) is 2. The van der Waals surface area contributed by atoms with Gasteiger partial charge in [-0.25, -0.2) is 0 Å². The molecule has 0 saturated carbocycles. The molecule has 2 rings (SSSR count). The molecule has 0 bridgehead atoms. The summed E-state index contributed by atoms with van der Waals surface area (Å²) in [6.07, 6.45) is 0. The van der Waals surface area contributed by atoms with Crippen molar-refractivity contribution in [3.05, 3.63) is 48.5 Å². The second kappa shape index (κ2) is 6.15. The van der Waals surface area contributed by atoms with E-state index in [0.29, 0.717) is 0 Å². The summed E-state index contributed by atoms with van der Waals surface area (Å²) < 4.78 is 13.3. The summed E-state index contributed by atoms with van der Waals surface area (Å²) in [4.78, 5) is 2.38. The van der Waals surface area contributed by atoms with Gasteiger partial charge in [0, 0.05) is 0 Å². The molecule has 0 aliphatic heterocycles. The molecule has 0 amide bonds. The van der Waals surface area contributed by atoms with Gasteiger partial charge in [-0.2, -0.15) is 0 Å². The third kappa shape index (κ3) is 3.00. The molecule has 2 aromatic rings. The van der Waals surface area contributed by atoms with Gasteiger partial charge in [0.1, 0.15) is 0 Å². The van der Waals surface area contributed by atoms with E-state index in [2.05, 4.69) is 29.1 Å². The Balaban J connectivity index is 2.20. The molecule has 18 heavy (non-hydrogen) atoms. The molecule has 0 spiro atoms. The Bertz CT molecular complexity index is 443. The van der Waals surface area contributed by atoms with Gasteiger partial charge >= 0.3 is 116 Å². The second-order valence-corrected chi connectivity index (χ2v) is 10.1. The van der Waals surface area contributed by atoms with Gasteiger partial charge in [-0.3, -0.25) is 0 Å². The monoisotopic (exact) mass is 350 g/mol. The van der Waals surface area contributed by atoms with Crippen molar-refractivity contribution < 1.29 is 9.47 Å². The van der Waals surface area contributed by atoms with Crippen molar-refractivity contribution in [1.29, 1.82) is 0 Å². The van der Waals surface area contributed by atoms with Gasteiger partial charge in [0.25, 0.3) is 0 Å². The molecule has 0 unspecified atom stereocenters. The second-order valence-electron chi connectivity index (χ2n) is 3.96. The first-order valence-corrected chi connectivity index (χ1v) is 10.9. The van der Waals surface area contributed by atoms with Crippen LogP contribution in [0.15, 0.2) is 48.5 Å². The van der Waals surface area contributed by atoms with E-state index in [-0.39, 0.29) is 0 Å². The van der Waals surface area contributed by atoms with E-state index in [1.54, 1.807) is 14.2 Å². The Morgan fingerprint density at radius 3 is 1.28 bits per heavy atom. The average Bonchev–Trinajstić information content (AvgIpc) is 2.47. The van der Waals surface area contributed by atoms with Crippen molar-refractivity contribution in [3.63, 3.8) is 0 Å². The third-order valence-electron chi connectivity index (χ3n) is 2.92. The molecule has 0 heterocycles. The first-order valence-electron chi connectivity index (χ1n) is 5.76. The van der Waals surface area contributed by atoms with Gasteiger partial charge in [0.15, 0.2) is 0 Å². The number of benzene rings is 2. The zero-order valence-electron chi connectivity index (χ0n) is 10.9. The van der Waals surface area contributed by atoms with E-state index >= 15 is 0 Å². The number of methoxy groups -OCH3 is 2. The van der Waals surface area contributed by atoms with Crippen LogP contribution in [-0.2, 0) is 0 Å². The Morgan fingerprint density at radius 2 is 1.00 bits per heavy atom. The summed E-state index contributed by atoms with van der Waals surface area (Å²) in [5.41, 5.74) is 0. The fourth-order valence-corrected chi connectivity index (χ4v) is 6.02. The molecular weight excluding hydrogens is 334 g/mol. The molecule has 0 aliphatic rings. The molecule has 2 aromatic carbocycles. The van der Waals surface area contributed by atoms with Crippen LogP contribution in [-0.4, -0.2) is 34.4 Å². The fraction of sp³-hybridized carbons (Fsp3) is 0.200. The standard InChI is InChI=1S/2C7H7O.CH3.Sb/c2*1-8-7-5-3-2-4-6-7;;/h2*3-6H,1H3;1H3;. The normalized spacial score (nSPS) is 10.4. The van der Waals surface area contributed by atoms with E-state index < -0.39 is 20.2 Å². The summed E-state index contributed by atoms with van der Waals surface area (Å²) in [6, 6.07) is 16.9. The SMILES string of the molecule is COc1cc[c]([Sb]([CH3])[c]2ccc(OC)cc2)cc1. The molecule has 3 heteroatoms. The summed E-state index contributed by atoms with van der Waals surface area (Å²) in [5, 5.41) is 0. The van der Waals surface area contributed by atoms with E-state index in [0.717, 1.165) is 11.5 Å². The van der Waals surface area contributed by atoms with E-state index in [4.69, 9.17) is 9.47 Å². The first-order chi connectivity index (χ1) is 8.74. The fourth-order valence-electron chi connectivity index (χ4n) is 1.76. The molecule has 0 aliphatic carbocycles. The molecular formula is C15H17O2Sb. The van der Waals surface area contributed by atoms with Crippen molar-refractivity contribution in [3.8, 4) is 11.5 Å². The van der Waals surface area contributed by atoms with Crippen LogP contribution in [0.5, 0.6) is 11.5 Å². The van der Waals surface area contributed by atoms with Crippen LogP contribution >= 0.6 is 0 Å². The van der Waals surface area contributed by atoms with Gasteiger partial charge in [-0.15, -0.1) is 0 Å². The predicted molar refractivity (Wildman–Crippen MR) is 76.9 cm³/mol. The predicted octanol–water partition coefficient (Wildman–Crippen LogP) is 1.94. The maximum absolute atomic E-state index is 5.19. The van der Waals surface area contributed by atoms with Crippen LogP contribution in [0.1, 0.15) is 0 Å². The van der Waals surface area contributed by atoms with Crippen LogP contribution in [0.3, 0.4) is 0 Å². The van der Waals surface area contributed by atoms with Crippen molar-refractivity contribution in [2.24, 2.45) is 0 Å². The quantitative estimate of drug-likeness (QED) is 0.784. The van der Waals surface area contributed by atoms with Crippen molar-refractivity contribution in [2.75, 3.05) is 14.2 Å². The maximum atomic E-state index is 5.19. The average molecular weight is 351 g/mol. The topological polar surface area (TPSA) is 18.5 Å². The Hall–Kier alpha value is -1.14. The molecule has 0 radical (unpaired) electrons. The minimum atomic E-state index is -1.56. The van der Waals surface area contributed by atoms with Gasteiger partial charge in [0.2, 0.25) is 0 Å². The number of hydrogen-bond donors (Lipinski definition) is 0. The first kappa shape index (κ1) is 13.3. The van der Waals surface area contributed by atoms with Crippen LogP contribution in [0.25, 0.3) is 0 Å². The molecule has 0 N–H and O–H groups in total. The minimum absolute atomic E-state index is 0.919. The Kier molecular flexibility index (Phi) is 4.54. The molecule has 0 atom stereocenters. The van der Waals surface area contributed by atoms with Gasteiger partial charge in [-0.1, -0.05) is 0 Å². The van der Waals surface area contributed by atoms with Gasteiger partial charge < -0.3 is 0 Å². The third-order valence-corrected chi connectivity index (χ3v) is 9.04. The summed E-state index contributed by atoms with van der Waals surface area (Å²) in [7, 11) is 3.39. The van der Waals surface area contributed by atoms with Crippen molar-refractivity contribution in [1.82, 2.24) is 0 Å². The molecule has 94 valence electrons. The van der Waals surface area contributed by atoms with Gasteiger partial charge in [-0.05, 0) is 0 Å². The molecule has 0 aromatic heterocycles. The summed E-state index contributed by atoms with van der Waals surface area (Å²) in [6.45, 7) is 0. The Morgan fingerprint density at radius 1 is 0.667 bits per heavy atom. The van der Waals surface area contributed by atoms with Crippen LogP contribution < -0.4 is 16.5 Å². The van der Waals surface area contributed by atoms with E-state index in [1.165, 1.54) is 7.02 Å². The number of rotatable bonds is 4. The molecule has 0 fully saturated rings. The molecule has 0 saturated heterocycles. The van der Waals surface area contributed by atoms with Crippen LogP contribution in [0.4, 0.5) is 0 Å². The molecule has 2 nitrogen and oxygen atoms in total. The number of ether oxygens (including phenoxy) is 2.